The van der Waals surface area contributed by atoms with E-state index in [1.54, 1.807) is 0 Å². The minimum atomic E-state index is 0.0911. The zero-order chi connectivity index (χ0) is 14.8. The second-order valence-electron chi connectivity index (χ2n) is 5.06. The van der Waals surface area contributed by atoms with E-state index in [1.807, 2.05) is 61.5 Å². The van der Waals surface area contributed by atoms with Crippen LogP contribution in [0, 0.1) is 6.92 Å². The molecule has 104 valence electrons. The van der Waals surface area contributed by atoms with Crippen LogP contribution in [0.1, 0.15) is 21.6 Å². The first-order valence-electron chi connectivity index (χ1n) is 6.77. The summed E-state index contributed by atoms with van der Waals surface area (Å²) in [5.41, 5.74) is 3.52. The smallest absolute Gasteiger partial charge is 0.168 e. The maximum atomic E-state index is 12.4. The first-order chi connectivity index (χ1) is 10.1. The van der Waals surface area contributed by atoms with E-state index in [2.05, 4.69) is 20.9 Å². The molecule has 3 heteroatoms. The molecule has 0 atom stereocenters. The Hall–Kier alpha value is -2.00. The second kappa shape index (κ2) is 5.78. The van der Waals surface area contributed by atoms with Gasteiger partial charge in [0, 0.05) is 21.1 Å². The molecule has 0 aliphatic heterocycles. The zero-order valence-corrected chi connectivity index (χ0v) is 13.2. The number of aryl methyl sites for hydroxylation is 1. The molecule has 21 heavy (non-hydrogen) atoms. The molecule has 0 bridgehead atoms. The van der Waals surface area contributed by atoms with E-state index in [-0.39, 0.29) is 5.78 Å². The summed E-state index contributed by atoms with van der Waals surface area (Å²) in [6.07, 6.45) is 0.325. The van der Waals surface area contributed by atoms with Crippen LogP contribution in [0.25, 0.3) is 10.9 Å². The Kier molecular flexibility index (Phi) is 3.84. The molecule has 1 heterocycles. The Bertz CT molecular complexity index is 826. The first kappa shape index (κ1) is 14.0. The fourth-order valence-electron chi connectivity index (χ4n) is 2.29. The van der Waals surface area contributed by atoms with Gasteiger partial charge in [-0.1, -0.05) is 46.3 Å². The van der Waals surface area contributed by atoms with Crippen LogP contribution < -0.4 is 0 Å². The van der Waals surface area contributed by atoms with Crippen molar-refractivity contribution in [3.8, 4) is 0 Å². The molecule has 0 N–H and O–H groups in total. The van der Waals surface area contributed by atoms with Gasteiger partial charge in [-0.05, 0) is 36.8 Å². The van der Waals surface area contributed by atoms with Gasteiger partial charge in [-0.25, -0.2) is 0 Å². The zero-order valence-electron chi connectivity index (χ0n) is 11.6. The molecule has 2 aromatic carbocycles. The van der Waals surface area contributed by atoms with Crippen molar-refractivity contribution in [2.24, 2.45) is 0 Å². The first-order valence-corrected chi connectivity index (χ1v) is 7.57. The molecule has 0 amide bonds. The van der Waals surface area contributed by atoms with E-state index in [1.165, 1.54) is 0 Å². The van der Waals surface area contributed by atoms with Crippen LogP contribution in [0.3, 0.4) is 0 Å². The molecule has 0 unspecified atom stereocenters. The van der Waals surface area contributed by atoms with E-state index >= 15 is 0 Å². The summed E-state index contributed by atoms with van der Waals surface area (Å²) < 4.78 is 1.02. The van der Waals surface area contributed by atoms with Gasteiger partial charge >= 0.3 is 0 Å². The van der Waals surface area contributed by atoms with Crippen molar-refractivity contribution in [2.45, 2.75) is 13.3 Å². The maximum Gasteiger partial charge on any atom is 0.168 e. The van der Waals surface area contributed by atoms with Crippen LogP contribution in [0.4, 0.5) is 0 Å². The van der Waals surface area contributed by atoms with E-state index in [9.17, 15) is 4.79 Å². The second-order valence-corrected chi connectivity index (χ2v) is 5.91. The van der Waals surface area contributed by atoms with Crippen molar-refractivity contribution in [3.05, 3.63) is 75.9 Å². The van der Waals surface area contributed by atoms with Crippen LogP contribution in [0.15, 0.2) is 59.1 Å². The fraction of sp³-hybridized carbons (Fsp3) is 0.111. The third kappa shape index (κ3) is 3.03. The summed E-state index contributed by atoms with van der Waals surface area (Å²) in [6, 6.07) is 17.5. The van der Waals surface area contributed by atoms with E-state index in [0.717, 1.165) is 32.2 Å². The largest absolute Gasteiger partial charge is 0.294 e. The number of rotatable bonds is 3. The molecule has 0 aliphatic carbocycles. The lowest BCUT2D eigenvalue weighted by molar-refractivity contribution is 0.0992. The molecule has 1 aromatic heterocycles. The molecule has 2 nitrogen and oxygen atoms in total. The summed E-state index contributed by atoms with van der Waals surface area (Å²) in [5, 5.41) is 1.09. The number of Topliss-reactive ketones (excluding diaryl/α,β-unsaturated/α-hetero) is 1. The van der Waals surface area contributed by atoms with Gasteiger partial charge in [0.05, 0.1) is 11.9 Å². The van der Waals surface area contributed by atoms with Gasteiger partial charge < -0.3 is 0 Å². The van der Waals surface area contributed by atoms with E-state index in [0.29, 0.717) is 6.42 Å². The molecule has 3 aromatic rings. The summed E-state index contributed by atoms with van der Waals surface area (Å²) in [6.45, 7) is 1.98. The highest BCUT2D eigenvalue weighted by Crippen LogP contribution is 2.19. The number of para-hydroxylation sites is 1. The number of carbonyl (C=O) groups is 1. The topological polar surface area (TPSA) is 30.0 Å². The highest BCUT2D eigenvalue weighted by Gasteiger charge is 2.09. The molecule has 0 saturated heterocycles. The summed E-state index contributed by atoms with van der Waals surface area (Å²) >= 11 is 3.45. The van der Waals surface area contributed by atoms with Crippen molar-refractivity contribution in [3.63, 3.8) is 0 Å². The SMILES string of the molecule is Cc1cc(C(=O)Cc2ccc3ccccc3n2)ccc1Br. The standard InChI is InChI=1S/C18H14BrNO/c1-12-10-14(7-9-16(12)19)18(21)11-15-8-6-13-4-2-3-5-17(13)20-15/h2-10H,11H2,1H3. The lowest BCUT2D eigenvalue weighted by atomic mass is 10.0. The van der Waals surface area contributed by atoms with Crippen LogP contribution in [0.5, 0.6) is 0 Å². The number of hydrogen-bond acceptors (Lipinski definition) is 2. The molecule has 0 spiro atoms. The van der Waals surface area contributed by atoms with Crippen LogP contribution in [-0.4, -0.2) is 10.8 Å². The lowest BCUT2D eigenvalue weighted by Crippen LogP contribution is -2.05. The number of fused-ring (bicyclic) bond motifs is 1. The Morgan fingerprint density at radius 1 is 1.10 bits per heavy atom. The number of nitrogens with zero attached hydrogens (tertiary/aromatic N) is 1. The van der Waals surface area contributed by atoms with Crippen LogP contribution in [0.2, 0.25) is 0 Å². The number of ketones is 1. The Morgan fingerprint density at radius 2 is 1.90 bits per heavy atom. The highest BCUT2D eigenvalue weighted by molar-refractivity contribution is 9.10. The van der Waals surface area contributed by atoms with Crippen molar-refractivity contribution in [2.75, 3.05) is 0 Å². The van der Waals surface area contributed by atoms with Crippen molar-refractivity contribution in [1.29, 1.82) is 0 Å². The Labute approximate surface area is 132 Å². The van der Waals surface area contributed by atoms with Gasteiger partial charge in [-0.15, -0.1) is 0 Å². The highest BCUT2D eigenvalue weighted by atomic mass is 79.9. The number of aromatic nitrogens is 1. The Balaban J connectivity index is 1.87. The molecule has 3 rings (SSSR count). The number of carbonyl (C=O) groups excluding carboxylic acids is 1. The van der Waals surface area contributed by atoms with Crippen molar-refractivity contribution < 1.29 is 4.79 Å². The van der Waals surface area contributed by atoms with E-state index < -0.39 is 0 Å². The van der Waals surface area contributed by atoms with E-state index in [4.69, 9.17) is 0 Å². The van der Waals surface area contributed by atoms with Gasteiger partial charge in [-0.2, -0.15) is 0 Å². The van der Waals surface area contributed by atoms with Crippen molar-refractivity contribution in [1.82, 2.24) is 4.98 Å². The monoisotopic (exact) mass is 339 g/mol. The molecular weight excluding hydrogens is 326 g/mol. The van der Waals surface area contributed by atoms with Gasteiger partial charge in [0.15, 0.2) is 5.78 Å². The van der Waals surface area contributed by atoms with Gasteiger partial charge in [-0.3, -0.25) is 9.78 Å². The van der Waals surface area contributed by atoms with Crippen LogP contribution in [-0.2, 0) is 6.42 Å². The average molecular weight is 340 g/mol. The van der Waals surface area contributed by atoms with Gasteiger partial charge in [0.25, 0.3) is 0 Å². The molecular formula is C18H14BrNO. The van der Waals surface area contributed by atoms with Gasteiger partial charge in [0.1, 0.15) is 0 Å². The third-order valence-electron chi connectivity index (χ3n) is 3.48. The predicted octanol–water partition coefficient (Wildman–Crippen LogP) is 4.73. The average Bonchev–Trinajstić information content (AvgIpc) is 2.50. The number of pyridine rings is 1. The van der Waals surface area contributed by atoms with Gasteiger partial charge in [0.2, 0.25) is 0 Å². The summed E-state index contributed by atoms with van der Waals surface area (Å²) in [7, 11) is 0. The van der Waals surface area contributed by atoms with Crippen molar-refractivity contribution >= 4 is 32.6 Å². The predicted molar refractivity (Wildman–Crippen MR) is 88.7 cm³/mol. The van der Waals surface area contributed by atoms with Crippen LogP contribution >= 0.6 is 15.9 Å². The lowest BCUT2D eigenvalue weighted by Gasteiger charge is -2.05. The number of halogens is 1. The Morgan fingerprint density at radius 3 is 2.71 bits per heavy atom. The molecule has 0 radical (unpaired) electrons. The fourth-order valence-corrected chi connectivity index (χ4v) is 2.54. The number of benzene rings is 2. The summed E-state index contributed by atoms with van der Waals surface area (Å²) in [4.78, 5) is 16.9. The minimum absolute atomic E-state index is 0.0911. The number of hydrogen-bond donors (Lipinski definition) is 0. The molecule has 0 aliphatic rings. The third-order valence-corrected chi connectivity index (χ3v) is 4.37. The maximum absolute atomic E-state index is 12.4. The minimum Gasteiger partial charge on any atom is -0.294 e. The molecule has 0 saturated carbocycles. The molecule has 0 fully saturated rings. The quantitative estimate of drug-likeness (QED) is 0.645. The summed E-state index contributed by atoms with van der Waals surface area (Å²) in [5.74, 6) is 0.0911. The normalized spacial score (nSPS) is 10.8.